The van der Waals surface area contributed by atoms with Gasteiger partial charge in [-0.2, -0.15) is 0 Å². The molecule has 0 fully saturated rings. The van der Waals surface area contributed by atoms with Crippen molar-refractivity contribution >= 4 is 45.9 Å². The van der Waals surface area contributed by atoms with E-state index in [0.29, 0.717) is 4.32 Å². The minimum absolute atomic E-state index is 0.0414. The summed E-state index contributed by atoms with van der Waals surface area (Å²) in [4.78, 5) is 4.88. The second-order valence-electron chi connectivity index (χ2n) is 6.89. The van der Waals surface area contributed by atoms with E-state index in [1.165, 1.54) is 5.56 Å². The average molecular weight is 356 g/mol. The highest BCUT2D eigenvalue weighted by molar-refractivity contribution is 8.11. The molecule has 3 rings (SSSR count). The van der Waals surface area contributed by atoms with Gasteiger partial charge in [0.2, 0.25) is 0 Å². The predicted octanol–water partition coefficient (Wildman–Crippen LogP) is 5.01. The van der Waals surface area contributed by atoms with Crippen LogP contribution >= 0.6 is 24.8 Å². The Morgan fingerprint density at radius 3 is 2.50 bits per heavy atom. The maximum absolute atomic E-state index is 5.03. The third kappa shape index (κ3) is 3.62. The highest BCUT2D eigenvalue weighted by Gasteiger charge is 2.23. The molecule has 0 aliphatic carbocycles. The molecule has 0 amide bonds. The number of aromatic nitrogens is 2. The number of nitrogens with zero attached hydrogens (tertiary/aromatic N) is 2. The Morgan fingerprint density at radius 1 is 1.17 bits per heavy atom. The van der Waals surface area contributed by atoms with Crippen molar-refractivity contribution in [1.82, 2.24) is 9.55 Å². The largest absolute Gasteiger partial charge is 0.341 e. The number of rotatable bonds is 3. The molecule has 0 aliphatic heterocycles. The van der Waals surface area contributed by atoms with E-state index in [4.69, 9.17) is 17.2 Å². The van der Waals surface area contributed by atoms with Gasteiger partial charge in [-0.05, 0) is 23.8 Å². The lowest BCUT2D eigenvalue weighted by atomic mass is 9.95. The molecule has 0 aliphatic rings. The third-order valence-electron chi connectivity index (χ3n) is 3.85. The molecule has 0 spiro atoms. The first-order valence-electron chi connectivity index (χ1n) is 7.89. The minimum atomic E-state index is -0.0414. The zero-order chi connectivity index (χ0) is 17.3. The first-order valence-corrected chi connectivity index (χ1v) is 8.75. The average Bonchev–Trinajstić information content (AvgIpc) is 2.86. The van der Waals surface area contributed by atoms with Gasteiger partial charge in [-0.25, -0.2) is 4.98 Å². The molecule has 124 valence electrons. The lowest BCUT2D eigenvalue weighted by Gasteiger charge is -2.20. The molecule has 5 heteroatoms. The van der Waals surface area contributed by atoms with Crippen LogP contribution in [0.25, 0.3) is 11.0 Å². The fraction of sp³-hybridized carbons (Fsp3) is 0.263. The van der Waals surface area contributed by atoms with Gasteiger partial charge in [-0.3, -0.25) is 0 Å². The summed E-state index contributed by atoms with van der Waals surface area (Å²) in [6, 6.07) is 16.6. The molecule has 0 saturated heterocycles. The molecule has 0 bridgehead atoms. The molecule has 0 saturated carbocycles. The normalized spacial score (nSPS) is 11.7. The van der Waals surface area contributed by atoms with Gasteiger partial charge in [0.05, 0.1) is 11.0 Å². The quantitative estimate of drug-likeness (QED) is 0.511. The van der Waals surface area contributed by atoms with Gasteiger partial charge in [0.15, 0.2) is 0 Å². The molecule has 1 heterocycles. The van der Waals surface area contributed by atoms with Gasteiger partial charge in [-0.15, -0.1) is 12.6 Å². The summed E-state index contributed by atoms with van der Waals surface area (Å²) in [6.07, 6.45) is 0. The van der Waals surface area contributed by atoms with Crippen LogP contribution < -0.4 is 5.32 Å². The van der Waals surface area contributed by atoms with Crippen LogP contribution in [0.2, 0.25) is 0 Å². The van der Waals surface area contributed by atoms with Gasteiger partial charge in [0.1, 0.15) is 10.1 Å². The molecule has 2 aromatic carbocycles. The second-order valence-corrected chi connectivity index (χ2v) is 8.05. The highest BCUT2D eigenvalue weighted by atomic mass is 32.1. The fourth-order valence-corrected chi connectivity index (χ4v) is 3.07. The predicted molar refractivity (Wildman–Crippen MR) is 109 cm³/mol. The minimum Gasteiger partial charge on any atom is -0.341 e. The molecule has 1 N–H and O–H groups in total. The summed E-state index contributed by atoms with van der Waals surface area (Å²) >= 11 is 9.19. The summed E-state index contributed by atoms with van der Waals surface area (Å²) in [7, 11) is 0. The van der Waals surface area contributed by atoms with Crippen LogP contribution in [0.3, 0.4) is 0 Å². The Bertz CT molecular complexity index is 877. The zero-order valence-corrected chi connectivity index (χ0v) is 15.8. The second kappa shape index (κ2) is 6.57. The van der Waals surface area contributed by atoms with Crippen LogP contribution in [0.1, 0.15) is 32.2 Å². The Hall–Kier alpha value is -1.85. The summed E-state index contributed by atoms with van der Waals surface area (Å²) in [5.41, 5.74) is 4.23. The number of hydrogen-bond donors (Lipinski definition) is 2. The smallest absolute Gasteiger partial charge is 0.135 e. The molecule has 0 unspecified atom stereocenters. The van der Waals surface area contributed by atoms with Crippen LogP contribution in [0.5, 0.6) is 0 Å². The first kappa shape index (κ1) is 17.0. The lowest BCUT2D eigenvalue weighted by Crippen LogP contribution is -2.19. The van der Waals surface area contributed by atoms with Crippen molar-refractivity contribution in [2.45, 2.75) is 32.7 Å². The number of thiocarbonyl (C=S) groups is 1. The number of thiol groups is 1. The van der Waals surface area contributed by atoms with Crippen molar-refractivity contribution in [2.75, 3.05) is 5.32 Å². The van der Waals surface area contributed by atoms with E-state index in [2.05, 4.69) is 73.6 Å². The number of anilines is 1. The molecule has 0 radical (unpaired) electrons. The van der Waals surface area contributed by atoms with Crippen molar-refractivity contribution in [3.05, 3.63) is 59.9 Å². The van der Waals surface area contributed by atoms with E-state index in [1.807, 2.05) is 18.2 Å². The number of hydrogen-bond acceptors (Lipinski definition) is 2. The lowest BCUT2D eigenvalue weighted by molar-refractivity contribution is 0.516. The molecular weight excluding hydrogens is 334 g/mol. The number of nitrogens with one attached hydrogen (secondary N) is 1. The molecule has 3 aromatic rings. The number of fused-ring (bicyclic) bond motifs is 1. The van der Waals surface area contributed by atoms with Crippen LogP contribution in [-0.4, -0.2) is 13.9 Å². The standard InChI is InChI=1S/C19H21N3S2/c1-19(2,3)17-21-15-10-9-14(20-18(23)24)11-16(15)22(17)12-13-7-5-4-6-8-13/h4-11H,12H2,1-3H3,(H2,20,23,24). The molecule has 1 aromatic heterocycles. The van der Waals surface area contributed by atoms with E-state index in [0.717, 1.165) is 29.1 Å². The van der Waals surface area contributed by atoms with Crippen LogP contribution in [0.4, 0.5) is 5.69 Å². The topological polar surface area (TPSA) is 29.9 Å². The van der Waals surface area contributed by atoms with Crippen LogP contribution in [0.15, 0.2) is 48.5 Å². The molecular formula is C19H21N3S2. The first-order chi connectivity index (χ1) is 11.3. The summed E-state index contributed by atoms with van der Waals surface area (Å²) < 4.78 is 2.75. The maximum atomic E-state index is 5.03. The number of benzene rings is 2. The van der Waals surface area contributed by atoms with Gasteiger partial charge in [0, 0.05) is 17.6 Å². The van der Waals surface area contributed by atoms with Crippen molar-refractivity contribution in [2.24, 2.45) is 0 Å². The fourth-order valence-electron chi connectivity index (χ4n) is 2.82. The molecule has 3 nitrogen and oxygen atoms in total. The van der Waals surface area contributed by atoms with Gasteiger partial charge in [0.25, 0.3) is 0 Å². The van der Waals surface area contributed by atoms with Crippen LogP contribution in [-0.2, 0) is 12.0 Å². The van der Waals surface area contributed by atoms with Gasteiger partial charge < -0.3 is 9.88 Å². The van der Waals surface area contributed by atoms with E-state index < -0.39 is 0 Å². The Labute approximate surface area is 153 Å². The Balaban J connectivity index is 2.15. The zero-order valence-electron chi connectivity index (χ0n) is 14.1. The SMILES string of the molecule is CC(C)(C)c1nc2ccc(NC(=S)S)cc2n1Cc1ccccc1. The van der Waals surface area contributed by atoms with Crippen molar-refractivity contribution in [3.8, 4) is 0 Å². The van der Waals surface area contributed by atoms with E-state index in [-0.39, 0.29) is 5.41 Å². The monoisotopic (exact) mass is 355 g/mol. The third-order valence-corrected chi connectivity index (χ3v) is 4.07. The van der Waals surface area contributed by atoms with Gasteiger partial charge in [-0.1, -0.05) is 63.3 Å². The molecule has 24 heavy (non-hydrogen) atoms. The number of imidazole rings is 1. The molecule has 0 atom stereocenters. The summed E-state index contributed by atoms with van der Waals surface area (Å²) in [5.74, 6) is 1.08. The van der Waals surface area contributed by atoms with E-state index >= 15 is 0 Å². The highest BCUT2D eigenvalue weighted by Crippen LogP contribution is 2.29. The Morgan fingerprint density at radius 2 is 1.88 bits per heavy atom. The van der Waals surface area contributed by atoms with E-state index in [9.17, 15) is 0 Å². The summed E-state index contributed by atoms with van der Waals surface area (Å²) in [6.45, 7) is 7.37. The van der Waals surface area contributed by atoms with Crippen molar-refractivity contribution in [3.63, 3.8) is 0 Å². The Kier molecular flexibility index (Phi) is 4.65. The van der Waals surface area contributed by atoms with Crippen molar-refractivity contribution in [1.29, 1.82) is 0 Å². The van der Waals surface area contributed by atoms with Crippen LogP contribution in [0, 0.1) is 0 Å². The van der Waals surface area contributed by atoms with Crippen molar-refractivity contribution < 1.29 is 0 Å². The summed E-state index contributed by atoms with van der Waals surface area (Å²) in [5, 5.41) is 3.09. The van der Waals surface area contributed by atoms with Gasteiger partial charge >= 0.3 is 0 Å². The maximum Gasteiger partial charge on any atom is 0.135 e. The van der Waals surface area contributed by atoms with E-state index in [1.54, 1.807) is 0 Å².